The van der Waals surface area contributed by atoms with Crippen LogP contribution < -0.4 is 10.1 Å². The van der Waals surface area contributed by atoms with Crippen LogP contribution in [0.25, 0.3) is 0 Å². The van der Waals surface area contributed by atoms with Crippen molar-refractivity contribution < 1.29 is 33.0 Å². The normalized spacial score (nSPS) is 22.1. The molecule has 0 aliphatic carbocycles. The van der Waals surface area contributed by atoms with Crippen molar-refractivity contribution in [3.05, 3.63) is 64.7 Å². The van der Waals surface area contributed by atoms with Gasteiger partial charge < -0.3 is 14.7 Å². The number of fused-ring (bicyclic) bond motifs is 1. The van der Waals surface area contributed by atoms with E-state index >= 15 is 0 Å². The van der Waals surface area contributed by atoms with Crippen molar-refractivity contribution in [3.8, 4) is 5.75 Å². The molecule has 0 spiro atoms. The maximum Gasteiger partial charge on any atom is 0.387 e. The number of nitrogens with zero attached hydrogens (tertiary/aromatic N) is 2. The predicted octanol–water partition coefficient (Wildman–Crippen LogP) is 2.53. The minimum absolute atomic E-state index is 0.120. The van der Waals surface area contributed by atoms with Crippen LogP contribution in [0, 0.1) is 0 Å². The molecule has 3 heterocycles. The fraction of sp³-hybridized carbons (Fsp3) is 0.423. The number of imide groups is 1. The number of carbonyl (C=O) groups is 3. The standard InChI is InChI=1S/C26H27F2N3O5/c27-25(28)36-19-3-1-2-16(12-19)14-30-10-8-26(35,9-11-30)18-4-5-20-17(13-18)15-31(24(20)34)21-6-7-22(32)29-23(21)33/h1-5,12-13,21,25,35H,6-11,14-15H2,(H,29,32,33). The molecule has 10 heteroatoms. The predicted molar refractivity (Wildman–Crippen MR) is 124 cm³/mol. The Morgan fingerprint density at radius 3 is 2.61 bits per heavy atom. The molecule has 2 aromatic rings. The van der Waals surface area contributed by atoms with E-state index in [0.29, 0.717) is 44.5 Å². The molecule has 0 saturated carbocycles. The molecule has 190 valence electrons. The SMILES string of the molecule is O=C1CCC(N2Cc3cc(C4(O)CCN(Cc5cccc(OC(F)F)c5)CC4)ccc3C2=O)C(=O)N1. The molecule has 8 nitrogen and oxygen atoms in total. The zero-order valence-corrected chi connectivity index (χ0v) is 19.6. The van der Waals surface area contributed by atoms with Crippen LogP contribution in [0.3, 0.4) is 0 Å². The molecule has 2 fully saturated rings. The molecule has 1 unspecified atom stereocenters. The van der Waals surface area contributed by atoms with Gasteiger partial charge in [-0.2, -0.15) is 8.78 Å². The van der Waals surface area contributed by atoms with E-state index in [2.05, 4.69) is 15.0 Å². The highest BCUT2D eigenvalue weighted by Crippen LogP contribution is 2.37. The Labute approximate surface area is 206 Å². The summed E-state index contributed by atoms with van der Waals surface area (Å²) in [7, 11) is 0. The summed E-state index contributed by atoms with van der Waals surface area (Å²) in [6.07, 6.45) is 1.45. The number of benzene rings is 2. The first kappa shape index (κ1) is 24.3. The second kappa shape index (κ2) is 9.59. The van der Waals surface area contributed by atoms with Crippen molar-refractivity contribution in [1.29, 1.82) is 0 Å². The highest BCUT2D eigenvalue weighted by atomic mass is 19.3. The first-order valence-electron chi connectivity index (χ1n) is 12.0. The number of amides is 3. The molecule has 1 atom stereocenters. The maximum absolute atomic E-state index is 12.9. The highest BCUT2D eigenvalue weighted by molar-refractivity contribution is 6.05. The van der Waals surface area contributed by atoms with Crippen LogP contribution in [0.5, 0.6) is 5.75 Å². The Balaban J connectivity index is 1.23. The van der Waals surface area contributed by atoms with Gasteiger partial charge in [-0.3, -0.25) is 24.6 Å². The van der Waals surface area contributed by atoms with Gasteiger partial charge in [0.15, 0.2) is 0 Å². The molecule has 36 heavy (non-hydrogen) atoms. The van der Waals surface area contributed by atoms with Crippen LogP contribution in [0.15, 0.2) is 42.5 Å². The number of piperidine rings is 2. The molecule has 2 aromatic carbocycles. The van der Waals surface area contributed by atoms with Crippen molar-refractivity contribution in [1.82, 2.24) is 15.1 Å². The van der Waals surface area contributed by atoms with E-state index < -0.39 is 24.2 Å². The molecule has 0 aromatic heterocycles. The van der Waals surface area contributed by atoms with Crippen LogP contribution in [0.2, 0.25) is 0 Å². The van der Waals surface area contributed by atoms with E-state index in [-0.39, 0.29) is 30.5 Å². The lowest BCUT2D eigenvalue weighted by molar-refractivity contribution is -0.136. The Morgan fingerprint density at radius 1 is 1.11 bits per heavy atom. The number of aliphatic hydroxyl groups is 1. The van der Waals surface area contributed by atoms with E-state index in [1.807, 2.05) is 12.1 Å². The summed E-state index contributed by atoms with van der Waals surface area (Å²) in [5.74, 6) is -0.906. The van der Waals surface area contributed by atoms with E-state index in [1.165, 1.54) is 11.0 Å². The van der Waals surface area contributed by atoms with Gasteiger partial charge in [0.1, 0.15) is 11.8 Å². The fourth-order valence-corrected chi connectivity index (χ4v) is 5.31. The van der Waals surface area contributed by atoms with Crippen molar-refractivity contribution >= 4 is 17.7 Å². The average Bonchev–Trinajstić information content (AvgIpc) is 3.16. The van der Waals surface area contributed by atoms with Gasteiger partial charge in [0.05, 0.1) is 5.60 Å². The molecule has 0 radical (unpaired) electrons. The number of hydrogen-bond acceptors (Lipinski definition) is 6. The topological polar surface area (TPSA) is 99.2 Å². The maximum atomic E-state index is 12.9. The molecule has 3 aliphatic heterocycles. The van der Waals surface area contributed by atoms with E-state index in [1.54, 1.807) is 24.3 Å². The van der Waals surface area contributed by atoms with Crippen molar-refractivity contribution in [2.45, 2.75) is 57.0 Å². The third-order valence-electron chi connectivity index (χ3n) is 7.27. The summed E-state index contributed by atoms with van der Waals surface area (Å²) < 4.78 is 29.5. The van der Waals surface area contributed by atoms with Gasteiger partial charge in [-0.1, -0.05) is 24.3 Å². The van der Waals surface area contributed by atoms with Gasteiger partial charge in [-0.05, 0) is 54.2 Å². The second-order valence-electron chi connectivity index (χ2n) is 9.61. The third-order valence-corrected chi connectivity index (χ3v) is 7.27. The Kier molecular flexibility index (Phi) is 6.48. The molecule has 0 bridgehead atoms. The average molecular weight is 500 g/mol. The molecule has 5 rings (SSSR count). The number of ether oxygens (including phenoxy) is 1. The van der Waals surface area contributed by atoms with Crippen LogP contribution in [0.1, 0.15) is 52.7 Å². The molecule has 3 aliphatic rings. The number of carbonyl (C=O) groups excluding carboxylic acids is 3. The van der Waals surface area contributed by atoms with Gasteiger partial charge in [-0.25, -0.2) is 0 Å². The van der Waals surface area contributed by atoms with Crippen molar-refractivity contribution in [2.24, 2.45) is 0 Å². The van der Waals surface area contributed by atoms with Crippen LogP contribution in [-0.2, 0) is 28.3 Å². The number of rotatable bonds is 6. The summed E-state index contributed by atoms with van der Waals surface area (Å²) in [6, 6.07) is 11.3. The number of nitrogens with one attached hydrogen (secondary N) is 1. The zero-order valence-electron chi connectivity index (χ0n) is 19.6. The largest absolute Gasteiger partial charge is 0.435 e. The lowest BCUT2D eigenvalue weighted by Gasteiger charge is -2.38. The number of hydrogen-bond donors (Lipinski definition) is 2. The van der Waals surface area contributed by atoms with Gasteiger partial charge >= 0.3 is 6.61 Å². The summed E-state index contributed by atoms with van der Waals surface area (Å²) in [5.41, 5.74) is 1.79. The molecule has 3 amide bonds. The van der Waals surface area contributed by atoms with Crippen LogP contribution in [0.4, 0.5) is 8.78 Å². The van der Waals surface area contributed by atoms with Crippen LogP contribution >= 0.6 is 0 Å². The van der Waals surface area contributed by atoms with Gasteiger partial charge in [0, 0.05) is 38.2 Å². The van der Waals surface area contributed by atoms with Crippen molar-refractivity contribution in [3.63, 3.8) is 0 Å². The second-order valence-corrected chi connectivity index (χ2v) is 9.61. The lowest BCUT2D eigenvalue weighted by Crippen LogP contribution is -2.52. The van der Waals surface area contributed by atoms with Crippen LogP contribution in [-0.4, -0.2) is 58.4 Å². The molecule has 2 N–H and O–H groups in total. The molecular formula is C26H27F2N3O5. The van der Waals surface area contributed by atoms with Gasteiger partial charge in [0.25, 0.3) is 5.91 Å². The number of likely N-dealkylation sites (tertiary alicyclic amines) is 1. The number of alkyl halides is 2. The Bertz CT molecular complexity index is 1200. The minimum Gasteiger partial charge on any atom is -0.435 e. The Hall–Kier alpha value is -3.37. The first-order chi connectivity index (χ1) is 17.2. The highest BCUT2D eigenvalue weighted by Gasteiger charge is 2.40. The quantitative estimate of drug-likeness (QED) is 0.593. The molecular weight excluding hydrogens is 472 g/mol. The smallest absolute Gasteiger partial charge is 0.387 e. The third kappa shape index (κ3) is 4.83. The van der Waals surface area contributed by atoms with E-state index in [4.69, 9.17) is 0 Å². The monoisotopic (exact) mass is 499 g/mol. The zero-order chi connectivity index (χ0) is 25.4. The summed E-state index contributed by atoms with van der Waals surface area (Å²) in [5, 5.41) is 13.7. The Morgan fingerprint density at radius 2 is 1.89 bits per heavy atom. The summed E-state index contributed by atoms with van der Waals surface area (Å²) in [6.45, 7) is -0.850. The van der Waals surface area contributed by atoms with Gasteiger partial charge in [-0.15, -0.1) is 0 Å². The fourth-order valence-electron chi connectivity index (χ4n) is 5.31. The number of halogens is 2. The van der Waals surface area contributed by atoms with Gasteiger partial charge in [0.2, 0.25) is 11.8 Å². The first-order valence-corrected chi connectivity index (χ1v) is 12.0. The summed E-state index contributed by atoms with van der Waals surface area (Å²) in [4.78, 5) is 40.3. The van der Waals surface area contributed by atoms with Crippen molar-refractivity contribution in [2.75, 3.05) is 13.1 Å². The van der Waals surface area contributed by atoms with E-state index in [0.717, 1.165) is 16.7 Å². The molecule has 2 saturated heterocycles. The summed E-state index contributed by atoms with van der Waals surface area (Å²) >= 11 is 0. The van der Waals surface area contributed by atoms with E-state index in [9.17, 15) is 28.3 Å². The minimum atomic E-state index is -2.87. The lowest BCUT2D eigenvalue weighted by atomic mass is 9.83.